The van der Waals surface area contributed by atoms with Gasteiger partial charge in [0.25, 0.3) is 0 Å². The molecule has 1 saturated heterocycles. The maximum absolute atomic E-state index is 12.4. The number of hydrogen-bond acceptors (Lipinski definition) is 3. The van der Waals surface area contributed by atoms with Crippen LogP contribution in [0.1, 0.15) is 31.2 Å². The van der Waals surface area contributed by atoms with E-state index in [9.17, 15) is 14.7 Å². The molecule has 5 nitrogen and oxygen atoms in total. The molecule has 2 amide bonds. The van der Waals surface area contributed by atoms with Crippen LogP contribution >= 0.6 is 0 Å². The molecule has 3 rings (SSSR count). The average Bonchev–Trinajstić information content (AvgIpc) is 3.35. The van der Waals surface area contributed by atoms with Crippen LogP contribution in [-0.4, -0.2) is 34.9 Å². The second-order valence-electron chi connectivity index (χ2n) is 6.39. The molecule has 0 bridgehead atoms. The number of anilines is 1. The third-order valence-corrected chi connectivity index (χ3v) is 4.51. The number of benzene rings is 1. The van der Waals surface area contributed by atoms with E-state index < -0.39 is 0 Å². The number of carbonyl (C=O) groups is 2. The zero-order valence-electron chi connectivity index (χ0n) is 12.8. The normalized spacial score (nSPS) is 21.5. The van der Waals surface area contributed by atoms with Gasteiger partial charge in [0, 0.05) is 30.8 Å². The lowest BCUT2D eigenvalue weighted by molar-refractivity contribution is -0.135. The number of rotatable bonds is 3. The van der Waals surface area contributed by atoms with Gasteiger partial charge in [-0.3, -0.25) is 9.59 Å². The van der Waals surface area contributed by atoms with Gasteiger partial charge in [-0.25, -0.2) is 0 Å². The van der Waals surface area contributed by atoms with E-state index in [-0.39, 0.29) is 29.4 Å². The summed E-state index contributed by atoms with van der Waals surface area (Å²) in [6.07, 6.45) is 3.66. The topological polar surface area (TPSA) is 69.6 Å². The second-order valence-corrected chi connectivity index (χ2v) is 6.39. The number of phenols is 1. The molecule has 1 aliphatic heterocycles. The highest BCUT2D eigenvalue weighted by Crippen LogP contribution is 2.32. The van der Waals surface area contributed by atoms with E-state index in [0.717, 1.165) is 37.8 Å². The zero-order chi connectivity index (χ0) is 15.7. The first-order valence-corrected chi connectivity index (χ1v) is 7.94. The summed E-state index contributed by atoms with van der Waals surface area (Å²) in [5.41, 5.74) is 1.37. The SMILES string of the molecule is Cc1ccc(NC(=O)[C@@H]2CCCN(C(=O)C3CC3)C2)cc1O. The molecule has 1 heterocycles. The lowest BCUT2D eigenvalue weighted by atomic mass is 9.96. The number of nitrogens with one attached hydrogen (secondary N) is 1. The molecule has 0 spiro atoms. The van der Waals surface area contributed by atoms with E-state index in [1.165, 1.54) is 0 Å². The summed E-state index contributed by atoms with van der Waals surface area (Å²) < 4.78 is 0. The maximum atomic E-state index is 12.4. The van der Waals surface area contributed by atoms with Gasteiger partial charge in [-0.15, -0.1) is 0 Å². The summed E-state index contributed by atoms with van der Waals surface area (Å²) in [4.78, 5) is 26.4. The van der Waals surface area contributed by atoms with Gasteiger partial charge in [-0.05, 0) is 44.2 Å². The number of amides is 2. The molecular formula is C17H22N2O3. The first kappa shape index (κ1) is 14.9. The van der Waals surface area contributed by atoms with Crippen molar-refractivity contribution >= 4 is 17.5 Å². The molecule has 118 valence electrons. The Morgan fingerprint density at radius 2 is 2.00 bits per heavy atom. The van der Waals surface area contributed by atoms with Crippen LogP contribution in [0.25, 0.3) is 0 Å². The minimum absolute atomic E-state index is 0.0726. The van der Waals surface area contributed by atoms with E-state index in [4.69, 9.17) is 0 Å². The van der Waals surface area contributed by atoms with Crippen molar-refractivity contribution in [2.24, 2.45) is 11.8 Å². The van der Waals surface area contributed by atoms with Gasteiger partial charge in [-0.2, -0.15) is 0 Å². The van der Waals surface area contributed by atoms with Gasteiger partial charge in [0.2, 0.25) is 11.8 Å². The molecule has 1 atom stereocenters. The number of piperidine rings is 1. The van der Waals surface area contributed by atoms with Crippen LogP contribution in [-0.2, 0) is 9.59 Å². The number of phenolic OH excluding ortho intramolecular Hbond substituents is 1. The van der Waals surface area contributed by atoms with Gasteiger partial charge in [-0.1, -0.05) is 6.07 Å². The van der Waals surface area contributed by atoms with E-state index in [1.807, 2.05) is 11.8 Å². The van der Waals surface area contributed by atoms with E-state index in [2.05, 4.69) is 5.32 Å². The van der Waals surface area contributed by atoms with Crippen LogP contribution in [0.4, 0.5) is 5.69 Å². The lowest BCUT2D eigenvalue weighted by Crippen LogP contribution is -2.44. The van der Waals surface area contributed by atoms with Crippen LogP contribution in [0.15, 0.2) is 18.2 Å². The monoisotopic (exact) mass is 302 g/mol. The summed E-state index contributed by atoms with van der Waals surface area (Å²) >= 11 is 0. The summed E-state index contributed by atoms with van der Waals surface area (Å²) in [6, 6.07) is 5.11. The number of aryl methyl sites for hydroxylation is 1. The molecule has 2 fully saturated rings. The average molecular weight is 302 g/mol. The molecular weight excluding hydrogens is 280 g/mol. The lowest BCUT2D eigenvalue weighted by Gasteiger charge is -2.32. The molecule has 22 heavy (non-hydrogen) atoms. The van der Waals surface area contributed by atoms with Crippen molar-refractivity contribution in [1.29, 1.82) is 0 Å². The Morgan fingerprint density at radius 1 is 1.23 bits per heavy atom. The fourth-order valence-electron chi connectivity index (χ4n) is 2.91. The smallest absolute Gasteiger partial charge is 0.229 e. The third-order valence-electron chi connectivity index (χ3n) is 4.51. The largest absolute Gasteiger partial charge is 0.508 e. The van der Waals surface area contributed by atoms with E-state index >= 15 is 0 Å². The highest BCUT2D eigenvalue weighted by molar-refractivity contribution is 5.93. The van der Waals surface area contributed by atoms with E-state index in [1.54, 1.807) is 18.2 Å². The van der Waals surface area contributed by atoms with Gasteiger partial charge in [0.1, 0.15) is 5.75 Å². The molecule has 2 aliphatic rings. The number of nitrogens with zero attached hydrogens (tertiary/aromatic N) is 1. The predicted octanol–water partition coefficient (Wildman–Crippen LogP) is 2.29. The molecule has 2 N–H and O–H groups in total. The van der Waals surface area contributed by atoms with Crippen molar-refractivity contribution in [1.82, 2.24) is 4.90 Å². The maximum Gasteiger partial charge on any atom is 0.229 e. The second kappa shape index (κ2) is 5.99. The fourth-order valence-corrected chi connectivity index (χ4v) is 2.91. The molecule has 0 aromatic heterocycles. The number of hydrogen-bond donors (Lipinski definition) is 2. The zero-order valence-corrected chi connectivity index (χ0v) is 12.8. The molecule has 5 heteroatoms. The Hall–Kier alpha value is -2.04. The predicted molar refractivity (Wildman–Crippen MR) is 83.5 cm³/mol. The van der Waals surface area contributed by atoms with Crippen molar-refractivity contribution < 1.29 is 14.7 Å². The molecule has 1 aromatic carbocycles. The van der Waals surface area contributed by atoms with Crippen LogP contribution < -0.4 is 5.32 Å². The van der Waals surface area contributed by atoms with Gasteiger partial charge in [0.05, 0.1) is 5.92 Å². The minimum Gasteiger partial charge on any atom is -0.508 e. The highest BCUT2D eigenvalue weighted by Gasteiger charge is 2.36. The van der Waals surface area contributed by atoms with Crippen LogP contribution in [0, 0.1) is 18.8 Å². The standard InChI is InChI=1S/C17H22N2O3/c1-11-4-7-14(9-15(11)20)18-16(21)13-3-2-8-19(10-13)17(22)12-5-6-12/h4,7,9,12-13,20H,2-3,5-6,8,10H2,1H3,(H,18,21)/t13-/m1/s1. The van der Waals surface area contributed by atoms with Crippen LogP contribution in [0.5, 0.6) is 5.75 Å². The summed E-state index contributed by atoms with van der Waals surface area (Å²) in [6.45, 7) is 3.09. The molecule has 0 radical (unpaired) electrons. The molecule has 1 saturated carbocycles. The Balaban J connectivity index is 1.61. The van der Waals surface area contributed by atoms with Crippen LogP contribution in [0.3, 0.4) is 0 Å². The Morgan fingerprint density at radius 3 is 2.68 bits per heavy atom. The molecule has 1 aromatic rings. The van der Waals surface area contributed by atoms with Gasteiger partial charge < -0.3 is 15.3 Å². The summed E-state index contributed by atoms with van der Waals surface area (Å²) in [7, 11) is 0. The van der Waals surface area contributed by atoms with Crippen molar-refractivity contribution in [3.63, 3.8) is 0 Å². The van der Waals surface area contributed by atoms with Crippen molar-refractivity contribution in [2.45, 2.75) is 32.6 Å². The number of carbonyl (C=O) groups excluding carboxylic acids is 2. The quantitative estimate of drug-likeness (QED) is 0.900. The Bertz CT molecular complexity index is 596. The Kier molecular flexibility index (Phi) is 4.05. The van der Waals surface area contributed by atoms with Crippen molar-refractivity contribution in [3.8, 4) is 5.75 Å². The van der Waals surface area contributed by atoms with Crippen molar-refractivity contribution in [2.75, 3.05) is 18.4 Å². The number of likely N-dealkylation sites (tertiary alicyclic amines) is 1. The molecule has 1 aliphatic carbocycles. The molecule has 0 unspecified atom stereocenters. The summed E-state index contributed by atoms with van der Waals surface area (Å²) in [5, 5.41) is 12.5. The van der Waals surface area contributed by atoms with Crippen molar-refractivity contribution in [3.05, 3.63) is 23.8 Å². The van der Waals surface area contributed by atoms with Crippen LogP contribution in [0.2, 0.25) is 0 Å². The minimum atomic E-state index is -0.167. The highest BCUT2D eigenvalue weighted by atomic mass is 16.3. The van der Waals surface area contributed by atoms with Gasteiger partial charge >= 0.3 is 0 Å². The summed E-state index contributed by atoms with van der Waals surface area (Å²) in [5.74, 6) is 0.352. The third kappa shape index (κ3) is 3.24. The van der Waals surface area contributed by atoms with E-state index in [0.29, 0.717) is 12.2 Å². The van der Waals surface area contributed by atoms with Gasteiger partial charge in [0.15, 0.2) is 0 Å². The first-order valence-electron chi connectivity index (χ1n) is 7.94. The first-order chi connectivity index (χ1) is 10.5. The Labute approximate surface area is 130 Å². The number of aromatic hydroxyl groups is 1. The fraction of sp³-hybridized carbons (Fsp3) is 0.529.